The van der Waals surface area contributed by atoms with Crippen molar-refractivity contribution in [3.05, 3.63) is 78.3 Å². The van der Waals surface area contributed by atoms with Crippen LogP contribution in [0.25, 0.3) is 17.0 Å². The molecular formula is C20H15F2N5O. The number of amides is 2. The lowest BCUT2D eigenvalue weighted by molar-refractivity contribution is 0.262. The van der Waals surface area contributed by atoms with Gasteiger partial charge in [0, 0.05) is 41.1 Å². The number of urea groups is 1. The van der Waals surface area contributed by atoms with Crippen LogP contribution in [0.3, 0.4) is 0 Å². The zero-order valence-corrected chi connectivity index (χ0v) is 14.8. The first-order chi connectivity index (χ1) is 13.5. The summed E-state index contributed by atoms with van der Waals surface area (Å²) in [6.45, 7) is 1.93. The third-order valence-corrected chi connectivity index (χ3v) is 4.16. The monoisotopic (exact) mass is 379 g/mol. The number of nitrogens with zero attached hydrogens (tertiary/aromatic N) is 3. The highest BCUT2D eigenvalue weighted by Crippen LogP contribution is 2.25. The lowest BCUT2D eigenvalue weighted by Crippen LogP contribution is -2.19. The molecule has 0 aliphatic heterocycles. The molecule has 0 radical (unpaired) electrons. The Balaban J connectivity index is 1.56. The van der Waals surface area contributed by atoms with E-state index in [1.807, 2.05) is 29.7 Å². The average molecular weight is 379 g/mol. The molecule has 0 unspecified atom stereocenters. The van der Waals surface area contributed by atoms with Gasteiger partial charge in [-0.05, 0) is 37.3 Å². The number of aryl methyl sites for hydroxylation is 1. The van der Waals surface area contributed by atoms with Crippen LogP contribution in [0.4, 0.5) is 25.0 Å². The second kappa shape index (κ2) is 7.07. The Hall–Kier alpha value is -3.81. The summed E-state index contributed by atoms with van der Waals surface area (Å²) in [6, 6.07) is 11.1. The lowest BCUT2D eigenvalue weighted by Gasteiger charge is -2.09. The van der Waals surface area contributed by atoms with Gasteiger partial charge in [-0.3, -0.25) is 4.40 Å². The highest BCUT2D eigenvalue weighted by atomic mass is 19.1. The molecule has 6 nitrogen and oxygen atoms in total. The largest absolute Gasteiger partial charge is 0.323 e. The first kappa shape index (κ1) is 17.6. The first-order valence-corrected chi connectivity index (χ1v) is 8.44. The molecule has 2 heterocycles. The normalized spacial score (nSPS) is 10.8. The van der Waals surface area contributed by atoms with Gasteiger partial charge in [0.05, 0.1) is 5.69 Å². The van der Waals surface area contributed by atoms with Gasteiger partial charge in [0.2, 0.25) is 5.78 Å². The second-order valence-corrected chi connectivity index (χ2v) is 6.15. The van der Waals surface area contributed by atoms with E-state index in [9.17, 15) is 13.6 Å². The van der Waals surface area contributed by atoms with E-state index in [0.717, 1.165) is 35.2 Å². The standard InChI is InChI=1S/C20H15F2N5O/c1-12-18(26-19-23-6-3-7-27(12)19)13-4-2-5-16(8-13)24-20(28)25-17-10-14(21)9-15(22)11-17/h2-11H,1H3,(H2,24,25,28). The van der Waals surface area contributed by atoms with Crippen LogP contribution in [0.15, 0.2) is 60.9 Å². The van der Waals surface area contributed by atoms with Crippen LogP contribution in [-0.2, 0) is 0 Å². The Bertz CT molecular complexity index is 1170. The zero-order valence-electron chi connectivity index (χ0n) is 14.8. The van der Waals surface area contributed by atoms with Crippen LogP contribution >= 0.6 is 0 Å². The maximum Gasteiger partial charge on any atom is 0.323 e. The van der Waals surface area contributed by atoms with Crippen LogP contribution in [0.5, 0.6) is 0 Å². The highest BCUT2D eigenvalue weighted by Gasteiger charge is 2.12. The molecule has 0 saturated carbocycles. The molecule has 0 aliphatic carbocycles. The Morgan fingerprint density at radius 2 is 1.75 bits per heavy atom. The van der Waals surface area contributed by atoms with Crippen molar-refractivity contribution >= 4 is 23.2 Å². The third-order valence-electron chi connectivity index (χ3n) is 4.16. The molecule has 0 saturated heterocycles. The summed E-state index contributed by atoms with van der Waals surface area (Å²) < 4.78 is 28.4. The van der Waals surface area contributed by atoms with Crippen molar-refractivity contribution in [3.63, 3.8) is 0 Å². The predicted molar refractivity (Wildman–Crippen MR) is 102 cm³/mol. The number of nitrogens with one attached hydrogen (secondary N) is 2. The van der Waals surface area contributed by atoms with Gasteiger partial charge in [-0.2, -0.15) is 0 Å². The number of carbonyl (C=O) groups excluding carboxylic acids is 1. The number of hydrogen-bond acceptors (Lipinski definition) is 3. The van der Waals surface area contributed by atoms with Gasteiger partial charge in [-0.15, -0.1) is 0 Å². The number of benzene rings is 2. The van der Waals surface area contributed by atoms with Crippen molar-refractivity contribution in [3.8, 4) is 11.3 Å². The molecular weight excluding hydrogens is 364 g/mol. The summed E-state index contributed by atoms with van der Waals surface area (Å²) in [4.78, 5) is 20.9. The molecule has 8 heteroatoms. The van der Waals surface area contributed by atoms with E-state index in [2.05, 4.69) is 20.6 Å². The van der Waals surface area contributed by atoms with Crippen molar-refractivity contribution in [2.24, 2.45) is 0 Å². The van der Waals surface area contributed by atoms with Gasteiger partial charge in [0.25, 0.3) is 0 Å². The van der Waals surface area contributed by atoms with E-state index in [1.165, 1.54) is 0 Å². The lowest BCUT2D eigenvalue weighted by atomic mass is 10.1. The second-order valence-electron chi connectivity index (χ2n) is 6.15. The van der Waals surface area contributed by atoms with Gasteiger partial charge in [0.1, 0.15) is 11.6 Å². The van der Waals surface area contributed by atoms with E-state index >= 15 is 0 Å². The number of anilines is 2. The molecule has 2 amide bonds. The summed E-state index contributed by atoms with van der Waals surface area (Å²) in [5.74, 6) is -0.958. The van der Waals surface area contributed by atoms with Crippen LogP contribution in [0, 0.1) is 18.6 Å². The SMILES string of the molecule is Cc1c(-c2cccc(NC(=O)Nc3cc(F)cc(F)c3)c2)nc2ncccn12. The summed E-state index contributed by atoms with van der Waals surface area (Å²) in [5.41, 5.74) is 3.00. The van der Waals surface area contributed by atoms with Gasteiger partial charge >= 0.3 is 6.03 Å². The number of halogens is 2. The van der Waals surface area contributed by atoms with Crippen molar-refractivity contribution in [2.75, 3.05) is 10.6 Å². The predicted octanol–water partition coefficient (Wildman–Crippen LogP) is 4.63. The van der Waals surface area contributed by atoms with Gasteiger partial charge < -0.3 is 10.6 Å². The van der Waals surface area contributed by atoms with E-state index in [4.69, 9.17) is 0 Å². The Kier molecular flexibility index (Phi) is 4.44. The van der Waals surface area contributed by atoms with Crippen molar-refractivity contribution in [1.82, 2.24) is 14.4 Å². The van der Waals surface area contributed by atoms with Crippen molar-refractivity contribution in [2.45, 2.75) is 6.92 Å². The molecule has 0 aliphatic rings. The topological polar surface area (TPSA) is 71.3 Å². The minimum Gasteiger partial charge on any atom is -0.308 e. The maximum atomic E-state index is 13.2. The number of hydrogen-bond donors (Lipinski definition) is 2. The van der Waals surface area contributed by atoms with E-state index in [-0.39, 0.29) is 5.69 Å². The molecule has 2 aromatic carbocycles. The highest BCUT2D eigenvalue weighted by molar-refractivity contribution is 6.00. The Morgan fingerprint density at radius 3 is 2.50 bits per heavy atom. The van der Waals surface area contributed by atoms with Gasteiger partial charge in [-0.25, -0.2) is 23.5 Å². The molecule has 0 bridgehead atoms. The van der Waals surface area contributed by atoms with Crippen molar-refractivity contribution < 1.29 is 13.6 Å². The molecule has 4 aromatic rings. The Labute approximate surface area is 158 Å². The van der Waals surface area contributed by atoms with Crippen LogP contribution in [0.2, 0.25) is 0 Å². The van der Waals surface area contributed by atoms with Crippen LogP contribution < -0.4 is 10.6 Å². The minimum atomic E-state index is -0.770. The number of fused-ring (bicyclic) bond motifs is 1. The molecule has 2 N–H and O–H groups in total. The molecule has 0 atom stereocenters. The maximum absolute atomic E-state index is 13.2. The summed E-state index contributed by atoms with van der Waals surface area (Å²) in [5, 5.41) is 5.05. The quantitative estimate of drug-likeness (QED) is 0.545. The fourth-order valence-corrected chi connectivity index (χ4v) is 2.94. The molecule has 28 heavy (non-hydrogen) atoms. The number of carbonyl (C=O) groups is 1. The van der Waals surface area contributed by atoms with E-state index in [0.29, 0.717) is 11.5 Å². The summed E-state index contributed by atoms with van der Waals surface area (Å²) in [7, 11) is 0. The number of imidazole rings is 1. The molecule has 2 aromatic heterocycles. The smallest absolute Gasteiger partial charge is 0.308 e. The van der Waals surface area contributed by atoms with Crippen LogP contribution in [-0.4, -0.2) is 20.4 Å². The first-order valence-electron chi connectivity index (χ1n) is 8.44. The summed E-state index contributed by atoms with van der Waals surface area (Å²) in [6.07, 6.45) is 3.55. The van der Waals surface area contributed by atoms with Gasteiger partial charge in [0.15, 0.2) is 0 Å². The number of aromatic nitrogens is 3. The molecule has 140 valence electrons. The fourth-order valence-electron chi connectivity index (χ4n) is 2.94. The minimum absolute atomic E-state index is 0.0217. The van der Waals surface area contributed by atoms with Crippen molar-refractivity contribution in [1.29, 1.82) is 0 Å². The average Bonchev–Trinajstić information content (AvgIpc) is 2.98. The fraction of sp³-hybridized carbons (Fsp3) is 0.0500. The molecule has 0 fully saturated rings. The summed E-state index contributed by atoms with van der Waals surface area (Å²) >= 11 is 0. The van der Waals surface area contributed by atoms with E-state index in [1.54, 1.807) is 24.4 Å². The van der Waals surface area contributed by atoms with Crippen LogP contribution in [0.1, 0.15) is 5.69 Å². The molecule has 0 spiro atoms. The van der Waals surface area contributed by atoms with Gasteiger partial charge in [-0.1, -0.05) is 12.1 Å². The molecule has 4 rings (SSSR count). The zero-order chi connectivity index (χ0) is 19.7. The third kappa shape index (κ3) is 3.52. The number of rotatable bonds is 3. The Morgan fingerprint density at radius 1 is 1.00 bits per heavy atom. The van der Waals surface area contributed by atoms with E-state index < -0.39 is 17.7 Å².